The van der Waals surface area contributed by atoms with E-state index in [9.17, 15) is 4.79 Å². The molecule has 0 saturated carbocycles. The predicted molar refractivity (Wildman–Crippen MR) is 71.8 cm³/mol. The zero-order chi connectivity index (χ0) is 11.5. The Morgan fingerprint density at radius 3 is 3.00 bits per heavy atom. The van der Waals surface area contributed by atoms with Gasteiger partial charge >= 0.3 is 0 Å². The number of rotatable bonds is 3. The third-order valence-corrected chi connectivity index (χ3v) is 3.65. The molecule has 1 aromatic rings. The monoisotopic (exact) mass is 252 g/mol. The van der Waals surface area contributed by atoms with Crippen LogP contribution in [0.1, 0.15) is 5.56 Å². The van der Waals surface area contributed by atoms with Gasteiger partial charge in [-0.3, -0.25) is 4.79 Å². The second-order valence-corrected chi connectivity index (χ2v) is 5.51. The summed E-state index contributed by atoms with van der Waals surface area (Å²) >= 11 is 6.33. The summed E-state index contributed by atoms with van der Waals surface area (Å²) in [6, 6.07) is 8.07. The molecule has 0 spiro atoms. The van der Waals surface area contributed by atoms with Crippen LogP contribution in [0.2, 0.25) is 0 Å². The topological polar surface area (TPSA) is 41.1 Å². The minimum Gasteiger partial charge on any atom is -0.383 e. The fraction of sp³-hybridized carbons (Fsp3) is 0.273. The molecule has 1 aliphatic heterocycles. The molecule has 0 radical (unpaired) electrons. The van der Waals surface area contributed by atoms with Crippen molar-refractivity contribution in [3.05, 3.63) is 29.8 Å². The molecular formula is C11H12N2OS2. The summed E-state index contributed by atoms with van der Waals surface area (Å²) in [6.45, 7) is 2.64. The number of benzene rings is 1. The lowest BCUT2D eigenvalue weighted by atomic mass is 10.2. The molecule has 5 heteroatoms. The number of aryl methyl sites for hydroxylation is 1. The molecule has 84 valence electrons. The molecule has 1 saturated heterocycles. The van der Waals surface area contributed by atoms with Gasteiger partial charge in [0.2, 0.25) is 5.91 Å². The SMILES string of the molecule is Cc1cccc(NCC2SC(=S)NC2=O)c1. The highest BCUT2D eigenvalue weighted by atomic mass is 32.2. The van der Waals surface area contributed by atoms with Gasteiger partial charge in [0.1, 0.15) is 9.57 Å². The first-order valence-electron chi connectivity index (χ1n) is 4.97. The standard InChI is InChI=1S/C11H12N2OS2/c1-7-3-2-4-8(5-7)12-6-9-10(14)13-11(15)16-9/h2-5,9,12H,6H2,1H3,(H,13,14,15). The Kier molecular flexibility index (Phi) is 3.46. The molecule has 16 heavy (non-hydrogen) atoms. The van der Waals surface area contributed by atoms with Gasteiger partial charge in [-0.2, -0.15) is 0 Å². The van der Waals surface area contributed by atoms with Crippen LogP contribution in [0, 0.1) is 6.92 Å². The average molecular weight is 252 g/mol. The summed E-state index contributed by atoms with van der Waals surface area (Å²) in [6.07, 6.45) is 0. The van der Waals surface area contributed by atoms with Gasteiger partial charge < -0.3 is 10.6 Å². The Morgan fingerprint density at radius 1 is 1.56 bits per heavy atom. The van der Waals surface area contributed by atoms with Gasteiger partial charge in [-0.1, -0.05) is 36.1 Å². The Hall–Kier alpha value is -1.07. The van der Waals surface area contributed by atoms with Crippen molar-refractivity contribution < 1.29 is 4.79 Å². The Labute approximate surface area is 104 Å². The fourth-order valence-electron chi connectivity index (χ4n) is 1.49. The van der Waals surface area contributed by atoms with E-state index in [0.29, 0.717) is 10.9 Å². The van der Waals surface area contributed by atoms with Crippen molar-refractivity contribution in [1.82, 2.24) is 5.32 Å². The molecule has 1 heterocycles. The van der Waals surface area contributed by atoms with Gasteiger partial charge in [0.05, 0.1) is 0 Å². The molecule has 1 amide bonds. The Balaban J connectivity index is 1.93. The normalized spacial score (nSPS) is 19.7. The van der Waals surface area contributed by atoms with Gasteiger partial charge in [-0.25, -0.2) is 0 Å². The first-order chi connectivity index (χ1) is 7.65. The summed E-state index contributed by atoms with van der Waals surface area (Å²) in [4.78, 5) is 11.4. The maximum Gasteiger partial charge on any atom is 0.240 e. The molecule has 2 rings (SSSR count). The minimum absolute atomic E-state index is 0.00449. The Bertz CT molecular complexity index is 434. The maximum atomic E-state index is 11.4. The number of hydrogen-bond donors (Lipinski definition) is 2. The van der Waals surface area contributed by atoms with Gasteiger partial charge in [0, 0.05) is 12.2 Å². The predicted octanol–water partition coefficient (Wildman–Crippen LogP) is 1.92. The largest absolute Gasteiger partial charge is 0.383 e. The minimum atomic E-state index is -0.118. The molecule has 3 nitrogen and oxygen atoms in total. The van der Waals surface area contributed by atoms with E-state index in [-0.39, 0.29) is 11.2 Å². The molecule has 0 aromatic heterocycles. The third-order valence-electron chi connectivity index (χ3n) is 2.28. The van der Waals surface area contributed by atoms with E-state index in [0.717, 1.165) is 5.69 Å². The first-order valence-corrected chi connectivity index (χ1v) is 6.26. The van der Waals surface area contributed by atoms with Crippen LogP contribution < -0.4 is 10.6 Å². The van der Waals surface area contributed by atoms with Gasteiger partial charge in [0.15, 0.2) is 0 Å². The molecule has 1 aliphatic rings. The lowest BCUT2D eigenvalue weighted by Crippen LogP contribution is -2.28. The Morgan fingerprint density at radius 2 is 2.38 bits per heavy atom. The van der Waals surface area contributed by atoms with Crippen molar-refractivity contribution in [3.63, 3.8) is 0 Å². The number of carbonyl (C=O) groups is 1. The number of thioether (sulfide) groups is 1. The highest BCUT2D eigenvalue weighted by Crippen LogP contribution is 2.20. The van der Waals surface area contributed by atoms with Crippen molar-refractivity contribution in [1.29, 1.82) is 0 Å². The lowest BCUT2D eigenvalue weighted by molar-refractivity contribution is -0.118. The highest BCUT2D eigenvalue weighted by Gasteiger charge is 2.28. The van der Waals surface area contributed by atoms with Gasteiger partial charge in [-0.05, 0) is 24.6 Å². The smallest absolute Gasteiger partial charge is 0.240 e. The van der Waals surface area contributed by atoms with Crippen LogP contribution in [-0.4, -0.2) is 22.0 Å². The van der Waals surface area contributed by atoms with E-state index in [1.54, 1.807) is 0 Å². The van der Waals surface area contributed by atoms with Crippen LogP contribution in [0.15, 0.2) is 24.3 Å². The van der Waals surface area contributed by atoms with Crippen LogP contribution in [0.25, 0.3) is 0 Å². The number of hydrogen-bond acceptors (Lipinski definition) is 4. The van der Waals surface area contributed by atoms with E-state index >= 15 is 0 Å². The quantitative estimate of drug-likeness (QED) is 0.807. The van der Waals surface area contributed by atoms with E-state index < -0.39 is 0 Å². The highest BCUT2D eigenvalue weighted by molar-refractivity contribution is 8.24. The second-order valence-electron chi connectivity index (χ2n) is 3.63. The van der Waals surface area contributed by atoms with E-state index in [4.69, 9.17) is 12.2 Å². The van der Waals surface area contributed by atoms with Crippen LogP contribution in [0.5, 0.6) is 0 Å². The van der Waals surface area contributed by atoms with Crippen molar-refractivity contribution in [2.45, 2.75) is 12.2 Å². The van der Waals surface area contributed by atoms with Crippen LogP contribution >= 0.6 is 24.0 Å². The van der Waals surface area contributed by atoms with Crippen LogP contribution in [-0.2, 0) is 4.79 Å². The lowest BCUT2D eigenvalue weighted by Gasteiger charge is -2.09. The van der Waals surface area contributed by atoms with Crippen molar-refractivity contribution in [2.75, 3.05) is 11.9 Å². The van der Waals surface area contributed by atoms with E-state index in [1.165, 1.54) is 17.3 Å². The molecule has 1 unspecified atom stereocenters. The number of amides is 1. The number of anilines is 1. The number of nitrogens with one attached hydrogen (secondary N) is 2. The second kappa shape index (κ2) is 4.84. The first kappa shape index (κ1) is 11.4. The zero-order valence-corrected chi connectivity index (χ0v) is 10.5. The molecule has 1 fully saturated rings. The maximum absolute atomic E-state index is 11.4. The third kappa shape index (κ3) is 2.74. The summed E-state index contributed by atoms with van der Waals surface area (Å²) in [7, 11) is 0. The average Bonchev–Trinajstić information content (AvgIpc) is 2.54. The molecule has 1 atom stereocenters. The van der Waals surface area contributed by atoms with Crippen LogP contribution in [0.4, 0.5) is 5.69 Å². The van der Waals surface area contributed by atoms with Gasteiger partial charge in [-0.15, -0.1) is 0 Å². The summed E-state index contributed by atoms with van der Waals surface area (Å²) < 4.78 is 0.570. The number of thiocarbonyl (C=S) groups is 1. The number of carbonyl (C=O) groups excluding carboxylic acids is 1. The summed E-state index contributed by atoms with van der Waals surface area (Å²) in [5.74, 6) is -0.00449. The fourth-order valence-corrected chi connectivity index (χ4v) is 2.69. The molecule has 0 bridgehead atoms. The van der Waals surface area contributed by atoms with Gasteiger partial charge in [0.25, 0.3) is 0 Å². The zero-order valence-electron chi connectivity index (χ0n) is 8.82. The molecular weight excluding hydrogens is 240 g/mol. The molecule has 2 N–H and O–H groups in total. The van der Waals surface area contributed by atoms with E-state index in [1.807, 2.05) is 25.1 Å². The molecule has 1 aromatic carbocycles. The molecule has 0 aliphatic carbocycles. The van der Waals surface area contributed by atoms with Crippen LogP contribution in [0.3, 0.4) is 0 Å². The van der Waals surface area contributed by atoms with Crippen molar-refractivity contribution in [2.24, 2.45) is 0 Å². The van der Waals surface area contributed by atoms with Crippen molar-refractivity contribution >= 4 is 39.9 Å². The summed E-state index contributed by atoms with van der Waals surface area (Å²) in [5, 5.41) is 5.75. The summed E-state index contributed by atoms with van der Waals surface area (Å²) in [5.41, 5.74) is 2.23. The van der Waals surface area contributed by atoms with Crippen molar-refractivity contribution in [3.8, 4) is 0 Å². The van der Waals surface area contributed by atoms with E-state index in [2.05, 4.69) is 16.7 Å².